The van der Waals surface area contributed by atoms with E-state index in [0.717, 1.165) is 33.1 Å². The Balaban J connectivity index is 2.05. The molecule has 4 amide bonds. The molecule has 1 aromatic rings. The number of amides is 4. The number of hydrogen-bond donors (Lipinski definition) is 2. The zero-order chi connectivity index (χ0) is 40.8. The average Bonchev–Trinajstić information content (AvgIpc) is 3.72. The summed E-state index contributed by atoms with van der Waals surface area (Å²) >= 11 is 0. The largest absolute Gasteiger partial charge is 0.467 e. The van der Waals surface area contributed by atoms with E-state index in [1.165, 1.54) is 35.8 Å². The van der Waals surface area contributed by atoms with Crippen LogP contribution in [0.1, 0.15) is 85.3 Å². The zero-order valence-corrected chi connectivity index (χ0v) is 31.7. The zero-order valence-electron chi connectivity index (χ0n) is 31.7. The maximum atomic E-state index is 14.6. The van der Waals surface area contributed by atoms with Crippen LogP contribution in [-0.2, 0) is 60.3 Å². The van der Waals surface area contributed by atoms with Crippen LogP contribution in [0.4, 0.5) is 18.0 Å². The van der Waals surface area contributed by atoms with Crippen molar-refractivity contribution in [2.45, 2.75) is 128 Å². The quantitative estimate of drug-likeness (QED) is 0.235. The third-order valence-corrected chi connectivity index (χ3v) is 9.10. The number of alkyl halides is 3. The number of alkyl carbamates (subject to hydrolysis) is 1. The number of ether oxygens (including phenoxy) is 4. The predicted molar refractivity (Wildman–Crippen MR) is 183 cm³/mol. The summed E-state index contributed by atoms with van der Waals surface area (Å²) in [7, 11) is 1.06. The molecule has 3 rings (SSSR count). The van der Waals surface area contributed by atoms with Gasteiger partial charge in [0, 0.05) is 33.4 Å². The van der Waals surface area contributed by atoms with E-state index >= 15 is 0 Å². The highest BCUT2D eigenvalue weighted by atomic mass is 19.4. The standard InChI is InChI=1S/C36H49F3N4O11/c1-20(52-22(3)44)27(41-33(50)54-34(5,6)7)30(47)42-17-9-11-26(42)29(46)43-18-10-16-35(43,19-24-12-14-25(15-13-24)36(37,38)39)32(49)40-28(31(48)51-8)21(2)53-23(4)45/h12-15,20-21,26-28H,9-11,16-19H2,1-8H3,(H,40,49)(H,41,50)/t20?,21?,26-,27?,28?,35?/m0/s1. The van der Waals surface area contributed by atoms with Crippen molar-refractivity contribution < 1.29 is 65.7 Å². The van der Waals surface area contributed by atoms with Crippen molar-refractivity contribution in [1.82, 2.24) is 20.4 Å². The molecule has 2 fully saturated rings. The number of nitrogens with one attached hydrogen (secondary N) is 2. The molecule has 54 heavy (non-hydrogen) atoms. The second-order valence-electron chi connectivity index (χ2n) is 14.4. The van der Waals surface area contributed by atoms with E-state index in [1.807, 2.05) is 0 Å². The Morgan fingerprint density at radius 3 is 1.96 bits per heavy atom. The minimum absolute atomic E-state index is 0.00273. The molecule has 15 nitrogen and oxygen atoms in total. The van der Waals surface area contributed by atoms with Gasteiger partial charge in [0.15, 0.2) is 6.04 Å². The summed E-state index contributed by atoms with van der Waals surface area (Å²) in [4.78, 5) is 95.0. The highest BCUT2D eigenvalue weighted by Gasteiger charge is 2.54. The summed E-state index contributed by atoms with van der Waals surface area (Å²) in [5.74, 6) is -4.74. The second-order valence-corrected chi connectivity index (χ2v) is 14.4. The van der Waals surface area contributed by atoms with Gasteiger partial charge in [0.05, 0.1) is 12.7 Å². The number of benzene rings is 1. The molecule has 2 N–H and O–H groups in total. The van der Waals surface area contributed by atoms with Crippen molar-refractivity contribution in [3.8, 4) is 0 Å². The van der Waals surface area contributed by atoms with Crippen LogP contribution in [0.5, 0.6) is 0 Å². The first-order chi connectivity index (χ1) is 25.0. The molecule has 18 heteroatoms. The third kappa shape index (κ3) is 10.8. The molecule has 5 unspecified atom stereocenters. The Labute approximate surface area is 311 Å². The number of carbonyl (C=O) groups is 7. The molecule has 0 aromatic heterocycles. The molecule has 2 aliphatic heterocycles. The Kier molecular flexibility index (Phi) is 14.1. The van der Waals surface area contributed by atoms with Gasteiger partial charge in [-0.25, -0.2) is 9.59 Å². The number of rotatable bonds is 12. The molecule has 2 aliphatic rings. The van der Waals surface area contributed by atoms with Gasteiger partial charge in [-0.15, -0.1) is 0 Å². The number of nitrogens with zero attached hydrogens (tertiary/aromatic N) is 2. The van der Waals surface area contributed by atoms with Gasteiger partial charge in [-0.05, 0) is 78.0 Å². The SMILES string of the molecule is COC(=O)C(NC(=O)C1(Cc2ccc(C(F)(F)F)cc2)CCCN1C(=O)[C@@H]1CCCN1C(=O)C(NC(=O)OC(C)(C)C)C(C)OC(C)=O)C(C)OC(C)=O. The van der Waals surface area contributed by atoms with Gasteiger partial charge in [-0.1, -0.05) is 12.1 Å². The Morgan fingerprint density at radius 2 is 1.44 bits per heavy atom. The molecular formula is C36H49F3N4O11. The fourth-order valence-electron chi connectivity index (χ4n) is 6.74. The Hall–Kier alpha value is -4.90. The van der Waals surface area contributed by atoms with Crippen LogP contribution in [0.25, 0.3) is 0 Å². The van der Waals surface area contributed by atoms with Gasteiger partial charge in [0.2, 0.25) is 17.7 Å². The smallest absolute Gasteiger partial charge is 0.416 e. The van der Waals surface area contributed by atoms with E-state index in [2.05, 4.69) is 10.6 Å². The molecule has 2 heterocycles. The first-order valence-electron chi connectivity index (χ1n) is 17.5. The number of likely N-dealkylation sites (tertiary alicyclic amines) is 2. The van der Waals surface area contributed by atoms with Gasteiger partial charge < -0.3 is 39.4 Å². The predicted octanol–water partition coefficient (Wildman–Crippen LogP) is 3.05. The molecule has 2 saturated heterocycles. The minimum Gasteiger partial charge on any atom is -0.467 e. The van der Waals surface area contributed by atoms with E-state index in [1.54, 1.807) is 20.8 Å². The van der Waals surface area contributed by atoms with Crippen molar-refractivity contribution in [1.29, 1.82) is 0 Å². The number of hydrogen-bond acceptors (Lipinski definition) is 11. The highest BCUT2D eigenvalue weighted by molar-refractivity contribution is 5.98. The topological polar surface area (TPSA) is 187 Å². The van der Waals surface area contributed by atoms with Crippen LogP contribution >= 0.6 is 0 Å². The lowest BCUT2D eigenvalue weighted by atomic mass is 9.85. The summed E-state index contributed by atoms with van der Waals surface area (Å²) in [6.07, 6.45) is -7.54. The van der Waals surface area contributed by atoms with Crippen molar-refractivity contribution in [2.75, 3.05) is 20.2 Å². The van der Waals surface area contributed by atoms with Crippen molar-refractivity contribution >= 4 is 41.7 Å². The lowest BCUT2D eigenvalue weighted by molar-refractivity contribution is -0.159. The van der Waals surface area contributed by atoms with E-state index in [-0.39, 0.29) is 44.3 Å². The Bertz CT molecular complexity index is 1580. The Morgan fingerprint density at radius 1 is 0.870 bits per heavy atom. The molecule has 0 aliphatic carbocycles. The lowest BCUT2D eigenvalue weighted by Crippen LogP contribution is -2.65. The summed E-state index contributed by atoms with van der Waals surface area (Å²) in [5, 5.41) is 5.01. The molecular weight excluding hydrogens is 721 g/mol. The minimum atomic E-state index is -4.63. The van der Waals surface area contributed by atoms with Gasteiger partial charge in [0.1, 0.15) is 35.4 Å². The van der Waals surface area contributed by atoms with Crippen molar-refractivity contribution in [3.63, 3.8) is 0 Å². The summed E-state index contributed by atoms with van der Waals surface area (Å²) in [6, 6.07) is -0.0952. The number of methoxy groups -OCH3 is 1. The first kappa shape index (κ1) is 43.5. The molecule has 0 radical (unpaired) electrons. The maximum absolute atomic E-state index is 14.6. The van der Waals surface area contributed by atoms with Crippen LogP contribution < -0.4 is 10.6 Å². The molecule has 0 saturated carbocycles. The normalized spacial score (nSPS) is 20.9. The van der Waals surface area contributed by atoms with Gasteiger partial charge >= 0.3 is 30.2 Å². The van der Waals surface area contributed by atoms with Crippen LogP contribution in [0.15, 0.2) is 24.3 Å². The summed E-state index contributed by atoms with van der Waals surface area (Å²) in [5.41, 5.74) is -3.40. The van der Waals surface area contributed by atoms with Gasteiger partial charge in [0.25, 0.3) is 0 Å². The molecule has 6 atom stereocenters. The molecule has 0 spiro atoms. The van der Waals surface area contributed by atoms with Gasteiger partial charge in [-0.3, -0.25) is 24.0 Å². The number of esters is 3. The van der Waals surface area contributed by atoms with E-state index in [0.29, 0.717) is 6.42 Å². The number of carbonyl (C=O) groups excluding carboxylic acids is 7. The molecule has 1 aromatic carbocycles. The lowest BCUT2D eigenvalue weighted by Gasteiger charge is -2.41. The van der Waals surface area contributed by atoms with Crippen LogP contribution in [-0.4, -0.2) is 113 Å². The fraction of sp³-hybridized carbons (Fsp3) is 0.639. The van der Waals surface area contributed by atoms with Crippen LogP contribution in [0.2, 0.25) is 0 Å². The molecule has 0 bridgehead atoms. The second kappa shape index (κ2) is 17.5. The van der Waals surface area contributed by atoms with E-state index in [4.69, 9.17) is 18.9 Å². The van der Waals surface area contributed by atoms with Crippen molar-refractivity contribution in [3.05, 3.63) is 35.4 Å². The number of halogens is 3. The van der Waals surface area contributed by atoms with Crippen molar-refractivity contribution in [2.24, 2.45) is 0 Å². The van der Waals surface area contributed by atoms with E-state index < -0.39 is 94.9 Å². The molecule has 300 valence electrons. The fourth-order valence-corrected chi connectivity index (χ4v) is 6.74. The third-order valence-electron chi connectivity index (χ3n) is 9.10. The van der Waals surface area contributed by atoms with Crippen LogP contribution in [0.3, 0.4) is 0 Å². The average molecular weight is 771 g/mol. The summed E-state index contributed by atoms with van der Waals surface area (Å²) < 4.78 is 60.8. The van der Waals surface area contributed by atoms with E-state index in [9.17, 15) is 46.7 Å². The highest BCUT2D eigenvalue weighted by Crippen LogP contribution is 2.37. The summed E-state index contributed by atoms with van der Waals surface area (Å²) in [6.45, 7) is 9.87. The monoisotopic (exact) mass is 770 g/mol. The van der Waals surface area contributed by atoms with Gasteiger partial charge in [-0.2, -0.15) is 13.2 Å². The van der Waals surface area contributed by atoms with Crippen LogP contribution in [0, 0.1) is 0 Å². The maximum Gasteiger partial charge on any atom is 0.416 e. The first-order valence-corrected chi connectivity index (χ1v) is 17.5.